The van der Waals surface area contributed by atoms with Gasteiger partial charge >= 0.3 is 0 Å². The van der Waals surface area contributed by atoms with E-state index >= 15 is 0 Å². The van der Waals surface area contributed by atoms with Crippen molar-refractivity contribution in [3.8, 4) is 11.5 Å². The van der Waals surface area contributed by atoms with Crippen LogP contribution in [0.15, 0.2) is 33.8 Å². The molecule has 1 unspecified atom stereocenters. The van der Waals surface area contributed by atoms with Crippen LogP contribution in [0.2, 0.25) is 0 Å². The van der Waals surface area contributed by atoms with Crippen molar-refractivity contribution >= 4 is 5.96 Å². The predicted molar refractivity (Wildman–Crippen MR) is 121 cm³/mol. The van der Waals surface area contributed by atoms with Gasteiger partial charge in [0.05, 0.1) is 19.8 Å². The summed E-state index contributed by atoms with van der Waals surface area (Å²) in [6.07, 6.45) is 3.87. The number of aliphatic imine (C=N–C) groups is 1. The molecule has 1 aromatic carbocycles. The number of hydrogen-bond acceptors (Lipinski definition) is 6. The zero-order chi connectivity index (χ0) is 21.7. The molecule has 1 aliphatic rings. The van der Waals surface area contributed by atoms with Crippen LogP contribution in [0.5, 0.6) is 0 Å². The summed E-state index contributed by atoms with van der Waals surface area (Å²) >= 11 is 0. The minimum atomic E-state index is 0.559. The summed E-state index contributed by atoms with van der Waals surface area (Å²) in [5.74, 6) is 2.68. The Bertz CT molecular complexity index is 802. The zero-order valence-corrected chi connectivity index (χ0v) is 18.7. The molecule has 0 bridgehead atoms. The first-order valence-corrected chi connectivity index (χ1v) is 11.4. The largest absolute Gasteiger partial charge is 0.381 e. The summed E-state index contributed by atoms with van der Waals surface area (Å²) in [4.78, 5) is 9.17. The van der Waals surface area contributed by atoms with Gasteiger partial charge in [0.15, 0.2) is 11.8 Å². The molecule has 8 heteroatoms. The van der Waals surface area contributed by atoms with E-state index in [0.717, 1.165) is 88.1 Å². The van der Waals surface area contributed by atoms with E-state index in [9.17, 15) is 0 Å². The van der Waals surface area contributed by atoms with Gasteiger partial charge in [-0.15, -0.1) is 0 Å². The Morgan fingerprint density at radius 3 is 3.03 bits per heavy atom. The first kappa shape index (κ1) is 23.2. The lowest BCUT2D eigenvalue weighted by atomic mass is 10.1. The van der Waals surface area contributed by atoms with Gasteiger partial charge in [-0.05, 0) is 43.9 Å². The fourth-order valence-corrected chi connectivity index (χ4v) is 3.36. The number of guanidine groups is 1. The third kappa shape index (κ3) is 7.95. The van der Waals surface area contributed by atoms with Gasteiger partial charge in [0, 0.05) is 44.2 Å². The topological polar surface area (TPSA) is 93.8 Å². The van der Waals surface area contributed by atoms with E-state index in [1.807, 2.05) is 12.1 Å². The summed E-state index contributed by atoms with van der Waals surface area (Å²) in [5.41, 5.74) is 2.01. The minimum Gasteiger partial charge on any atom is -0.381 e. The van der Waals surface area contributed by atoms with E-state index in [4.69, 9.17) is 19.0 Å². The van der Waals surface area contributed by atoms with Crippen LogP contribution in [0.1, 0.15) is 44.5 Å². The molecule has 1 atom stereocenters. The number of benzene rings is 1. The summed E-state index contributed by atoms with van der Waals surface area (Å²) in [5, 5.41) is 10.7. The number of nitrogens with zero attached hydrogens (tertiary/aromatic N) is 3. The van der Waals surface area contributed by atoms with Gasteiger partial charge in [0.25, 0.3) is 5.89 Å². The highest BCUT2D eigenvalue weighted by Crippen LogP contribution is 2.19. The first-order valence-electron chi connectivity index (χ1n) is 11.4. The highest BCUT2D eigenvalue weighted by atomic mass is 16.5. The molecular weight excluding hydrogens is 394 g/mol. The van der Waals surface area contributed by atoms with Crippen molar-refractivity contribution in [1.29, 1.82) is 0 Å². The second-order valence-electron chi connectivity index (χ2n) is 7.75. The van der Waals surface area contributed by atoms with Crippen LogP contribution >= 0.6 is 0 Å². The summed E-state index contributed by atoms with van der Waals surface area (Å²) in [6.45, 7) is 9.61. The van der Waals surface area contributed by atoms with Crippen LogP contribution in [0.4, 0.5) is 0 Å². The standard InChI is InChI=1S/C23H35N5O3/c1-3-7-21-27-22(31-28-21)20-9-5-8-18(14-20)15-26-23(24-4-2)25-11-6-12-29-16-19-10-13-30-17-19/h5,8-9,14,19H,3-4,6-7,10-13,15-17H2,1-2H3,(H2,24,25,26). The van der Waals surface area contributed by atoms with Crippen LogP contribution in [-0.2, 0) is 22.4 Å². The van der Waals surface area contributed by atoms with Crippen LogP contribution < -0.4 is 10.6 Å². The first-order chi connectivity index (χ1) is 15.3. The minimum absolute atomic E-state index is 0.559. The van der Waals surface area contributed by atoms with Crippen molar-refractivity contribution < 1.29 is 14.0 Å². The number of ether oxygens (including phenoxy) is 2. The van der Waals surface area contributed by atoms with Gasteiger partial charge in [-0.2, -0.15) is 4.98 Å². The second-order valence-corrected chi connectivity index (χ2v) is 7.75. The van der Waals surface area contributed by atoms with E-state index in [1.54, 1.807) is 0 Å². The van der Waals surface area contributed by atoms with Gasteiger partial charge in [-0.3, -0.25) is 0 Å². The maximum Gasteiger partial charge on any atom is 0.257 e. The summed E-state index contributed by atoms with van der Waals surface area (Å²) < 4.78 is 16.5. The van der Waals surface area contributed by atoms with Gasteiger partial charge in [-0.1, -0.05) is 24.2 Å². The molecule has 2 N–H and O–H groups in total. The Morgan fingerprint density at radius 2 is 2.23 bits per heavy atom. The smallest absolute Gasteiger partial charge is 0.257 e. The van der Waals surface area contributed by atoms with Gasteiger partial charge < -0.3 is 24.6 Å². The van der Waals surface area contributed by atoms with Gasteiger partial charge in [0.1, 0.15) is 0 Å². The maximum atomic E-state index is 5.76. The number of rotatable bonds is 12. The summed E-state index contributed by atoms with van der Waals surface area (Å²) in [7, 11) is 0. The molecule has 170 valence electrons. The molecule has 0 radical (unpaired) electrons. The number of nitrogens with one attached hydrogen (secondary N) is 2. The quantitative estimate of drug-likeness (QED) is 0.304. The SMILES string of the molecule is CCCc1noc(-c2cccc(CN=C(NCC)NCCCOCC3CCOC3)c2)n1. The van der Waals surface area contributed by atoms with Gasteiger partial charge in [-0.25, -0.2) is 4.99 Å². The zero-order valence-electron chi connectivity index (χ0n) is 18.7. The second kappa shape index (κ2) is 13.1. The Hall–Kier alpha value is -2.45. The molecule has 0 saturated carbocycles. The molecule has 1 aromatic heterocycles. The number of aryl methyl sites for hydroxylation is 1. The van der Waals surface area contributed by atoms with Crippen molar-refractivity contribution in [3.05, 3.63) is 35.7 Å². The summed E-state index contributed by atoms with van der Waals surface area (Å²) in [6, 6.07) is 8.09. The number of aromatic nitrogens is 2. The Balaban J connectivity index is 1.45. The molecular formula is C23H35N5O3. The number of hydrogen-bond donors (Lipinski definition) is 2. The molecule has 1 aliphatic heterocycles. The molecule has 0 spiro atoms. The van der Waals surface area contributed by atoms with Crippen molar-refractivity contribution in [3.63, 3.8) is 0 Å². The van der Waals surface area contributed by atoms with Crippen LogP contribution in [0.3, 0.4) is 0 Å². The van der Waals surface area contributed by atoms with E-state index in [0.29, 0.717) is 18.4 Å². The Kier molecular flexibility index (Phi) is 9.79. The highest BCUT2D eigenvalue weighted by Gasteiger charge is 2.15. The third-order valence-electron chi connectivity index (χ3n) is 5.02. The molecule has 2 aromatic rings. The predicted octanol–water partition coefficient (Wildman–Crippen LogP) is 3.19. The molecule has 0 aliphatic carbocycles. The average molecular weight is 430 g/mol. The molecule has 3 rings (SSSR count). The molecule has 2 heterocycles. The van der Waals surface area contributed by atoms with Crippen molar-refractivity contribution in [2.24, 2.45) is 10.9 Å². The van der Waals surface area contributed by atoms with E-state index in [-0.39, 0.29) is 0 Å². The van der Waals surface area contributed by atoms with E-state index in [2.05, 4.69) is 46.8 Å². The lowest BCUT2D eigenvalue weighted by molar-refractivity contribution is 0.0888. The van der Waals surface area contributed by atoms with Crippen LogP contribution in [0.25, 0.3) is 11.5 Å². The fraction of sp³-hybridized carbons (Fsp3) is 0.609. The van der Waals surface area contributed by atoms with E-state index in [1.165, 1.54) is 0 Å². The van der Waals surface area contributed by atoms with E-state index < -0.39 is 0 Å². The third-order valence-corrected chi connectivity index (χ3v) is 5.02. The molecule has 0 amide bonds. The van der Waals surface area contributed by atoms with Crippen LogP contribution in [0, 0.1) is 5.92 Å². The average Bonchev–Trinajstić information content (AvgIpc) is 3.47. The molecule has 31 heavy (non-hydrogen) atoms. The van der Waals surface area contributed by atoms with Crippen molar-refractivity contribution in [2.75, 3.05) is 39.5 Å². The normalized spacial score (nSPS) is 16.6. The fourth-order valence-electron chi connectivity index (χ4n) is 3.36. The molecule has 1 fully saturated rings. The van der Waals surface area contributed by atoms with Crippen LogP contribution in [-0.4, -0.2) is 55.6 Å². The lowest BCUT2D eigenvalue weighted by Gasteiger charge is -2.12. The lowest BCUT2D eigenvalue weighted by Crippen LogP contribution is -2.38. The molecule has 1 saturated heterocycles. The van der Waals surface area contributed by atoms with Gasteiger partial charge in [0.2, 0.25) is 0 Å². The highest BCUT2D eigenvalue weighted by molar-refractivity contribution is 5.79. The molecule has 8 nitrogen and oxygen atoms in total. The van der Waals surface area contributed by atoms with Crippen molar-refractivity contribution in [2.45, 2.75) is 46.1 Å². The monoisotopic (exact) mass is 429 g/mol. The maximum absolute atomic E-state index is 5.76. The van der Waals surface area contributed by atoms with Crippen molar-refractivity contribution in [1.82, 2.24) is 20.8 Å². The Morgan fingerprint density at radius 1 is 1.29 bits per heavy atom. The Labute approximate surface area is 184 Å².